The fourth-order valence-corrected chi connectivity index (χ4v) is 4.97. The van der Waals surface area contributed by atoms with E-state index < -0.39 is 0 Å². The highest BCUT2D eigenvalue weighted by Gasteiger charge is 2.30. The molecule has 1 aromatic carbocycles. The normalized spacial score (nSPS) is 15.1. The van der Waals surface area contributed by atoms with Gasteiger partial charge < -0.3 is 20.4 Å². The molecule has 7 nitrogen and oxygen atoms in total. The number of benzene rings is 1. The summed E-state index contributed by atoms with van der Waals surface area (Å²) in [4.78, 5) is 34.0. The maximum Gasteiger partial charge on any atom is 0.273 e. The minimum absolute atomic E-state index is 0.0173. The lowest BCUT2D eigenvalue weighted by Crippen LogP contribution is -2.46. The van der Waals surface area contributed by atoms with Crippen LogP contribution < -0.4 is 10.6 Å². The van der Waals surface area contributed by atoms with E-state index in [1.165, 1.54) is 22.5 Å². The molecule has 2 heterocycles. The standard InChI is InChI=1S/C25H37N5O2S/c1-17-7-8-20(13-18(17)2)27-24-28-21(14-33-24)23(32)30-11-9-19(10-12-30)22(31)26-15-25(3,4)16-29(5)6/h7-8,13-14,19H,9-12,15-16H2,1-6H3,(H,26,31)(H,27,28). The van der Waals surface area contributed by atoms with Gasteiger partial charge in [-0.1, -0.05) is 19.9 Å². The molecule has 1 saturated heterocycles. The van der Waals surface area contributed by atoms with E-state index in [1.807, 2.05) is 25.1 Å². The average Bonchev–Trinajstić information content (AvgIpc) is 3.22. The summed E-state index contributed by atoms with van der Waals surface area (Å²) in [5.41, 5.74) is 3.89. The molecule has 2 amide bonds. The minimum Gasteiger partial charge on any atom is -0.355 e. The lowest BCUT2D eigenvalue weighted by atomic mass is 9.91. The number of aromatic nitrogens is 1. The van der Waals surface area contributed by atoms with Crippen molar-refractivity contribution in [3.05, 3.63) is 40.4 Å². The Morgan fingerprint density at radius 3 is 2.52 bits per heavy atom. The molecule has 0 aliphatic carbocycles. The summed E-state index contributed by atoms with van der Waals surface area (Å²) < 4.78 is 0. The molecule has 1 fully saturated rings. The third-order valence-corrected chi connectivity index (χ3v) is 6.88. The zero-order valence-electron chi connectivity index (χ0n) is 20.7. The molecule has 0 saturated carbocycles. The van der Waals surface area contributed by atoms with Gasteiger partial charge in [0.25, 0.3) is 5.91 Å². The fourth-order valence-electron chi connectivity index (χ4n) is 4.26. The first-order chi connectivity index (χ1) is 15.5. The van der Waals surface area contributed by atoms with Crippen molar-refractivity contribution < 1.29 is 9.59 Å². The lowest BCUT2D eigenvalue weighted by molar-refractivity contribution is -0.126. The van der Waals surface area contributed by atoms with Crippen LogP contribution in [0.4, 0.5) is 10.8 Å². The molecule has 1 aliphatic rings. The topological polar surface area (TPSA) is 77.6 Å². The summed E-state index contributed by atoms with van der Waals surface area (Å²) >= 11 is 1.43. The molecule has 1 aliphatic heterocycles. The molecule has 1 aromatic heterocycles. The number of amides is 2. The van der Waals surface area contributed by atoms with Gasteiger partial charge >= 0.3 is 0 Å². The molecule has 0 spiro atoms. The number of nitrogens with zero attached hydrogens (tertiary/aromatic N) is 3. The number of piperidine rings is 1. The van der Waals surface area contributed by atoms with E-state index >= 15 is 0 Å². The molecular weight excluding hydrogens is 434 g/mol. The second-order valence-corrected chi connectivity index (χ2v) is 11.0. The van der Waals surface area contributed by atoms with Crippen molar-refractivity contribution in [2.24, 2.45) is 11.3 Å². The Hall–Kier alpha value is -2.45. The highest BCUT2D eigenvalue weighted by atomic mass is 32.1. The van der Waals surface area contributed by atoms with Gasteiger partial charge in [0.1, 0.15) is 5.69 Å². The number of anilines is 2. The Morgan fingerprint density at radius 2 is 1.88 bits per heavy atom. The van der Waals surface area contributed by atoms with E-state index in [0.29, 0.717) is 43.3 Å². The quantitative estimate of drug-likeness (QED) is 0.607. The Labute approximate surface area is 201 Å². The van der Waals surface area contributed by atoms with Gasteiger partial charge in [0.05, 0.1) is 0 Å². The average molecular weight is 472 g/mol. The largest absolute Gasteiger partial charge is 0.355 e. The molecule has 0 radical (unpaired) electrons. The van der Waals surface area contributed by atoms with Crippen LogP contribution in [-0.4, -0.2) is 66.9 Å². The van der Waals surface area contributed by atoms with Gasteiger partial charge in [-0.05, 0) is 69.5 Å². The highest BCUT2D eigenvalue weighted by molar-refractivity contribution is 7.14. The summed E-state index contributed by atoms with van der Waals surface area (Å²) in [6.07, 6.45) is 1.37. The zero-order chi connectivity index (χ0) is 24.2. The van der Waals surface area contributed by atoms with Crippen LogP contribution in [0.1, 0.15) is 48.3 Å². The number of rotatable bonds is 8. The molecule has 33 heavy (non-hydrogen) atoms. The van der Waals surface area contributed by atoms with Crippen LogP contribution >= 0.6 is 11.3 Å². The van der Waals surface area contributed by atoms with Crippen molar-refractivity contribution in [2.45, 2.75) is 40.5 Å². The van der Waals surface area contributed by atoms with Crippen LogP contribution in [0.2, 0.25) is 0 Å². The van der Waals surface area contributed by atoms with Crippen molar-refractivity contribution in [3.8, 4) is 0 Å². The second-order valence-electron chi connectivity index (χ2n) is 10.1. The first-order valence-corrected chi connectivity index (χ1v) is 12.4. The molecule has 2 aromatic rings. The van der Waals surface area contributed by atoms with Crippen molar-refractivity contribution in [3.63, 3.8) is 0 Å². The summed E-state index contributed by atoms with van der Waals surface area (Å²) in [7, 11) is 4.09. The Bertz CT molecular complexity index is 977. The Balaban J connectivity index is 1.49. The minimum atomic E-state index is -0.0645. The number of aryl methyl sites for hydroxylation is 2. The summed E-state index contributed by atoms with van der Waals surface area (Å²) in [5, 5.41) is 8.92. The van der Waals surface area contributed by atoms with Crippen LogP contribution in [0.15, 0.2) is 23.6 Å². The van der Waals surface area contributed by atoms with Crippen LogP contribution in [0.25, 0.3) is 0 Å². The van der Waals surface area contributed by atoms with E-state index in [9.17, 15) is 9.59 Å². The number of carbonyl (C=O) groups excluding carboxylic acids is 2. The van der Waals surface area contributed by atoms with Gasteiger partial charge in [0, 0.05) is 43.2 Å². The van der Waals surface area contributed by atoms with Gasteiger partial charge in [0.15, 0.2) is 5.13 Å². The van der Waals surface area contributed by atoms with Crippen molar-refractivity contribution in [1.82, 2.24) is 20.1 Å². The smallest absolute Gasteiger partial charge is 0.273 e. The monoisotopic (exact) mass is 471 g/mol. The number of hydrogen-bond acceptors (Lipinski definition) is 6. The SMILES string of the molecule is Cc1ccc(Nc2nc(C(=O)N3CCC(C(=O)NCC(C)(C)CN(C)C)CC3)cs2)cc1C. The van der Waals surface area contributed by atoms with E-state index in [2.05, 4.69) is 60.3 Å². The molecule has 0 unspecified atom stereocenters. The number of hydrogen-bond donors (Lipinski definition) is 2. The van der Waals surface area contributed by atoms with E-state index in [4.69, 9.17) is 0 Å². The first-order valence-electron chi connectivity index (χ1n) is 11.6. The van der Waals surface area contributed by atoms with Gasteiger partial charge in [-0.2, -0.15) is 0 Å². The third-order valence-electron chi connectivity index (χ3n) is 6.12. The van der Waals surface area contributed by atoms with Gasteiger partial charge in [-0.25, -0.2) is 4.98 Å². The maximum absolute atomic E-state index is 12.9. The molecule has 0 bridgehead atoms. The number of nitrogens with one attached hydrogen (secondary N) is 2. The number of carbonyl (C=O) groups is 2. The Kier molecular flexibility index (Phi) is 8.13. The van der Waals surface area contributed by atoms with Gasteiger partial charge in [0.2, 0.25) is 5.91 Å². The third kappa shape index (κ3) is 7.01. The van der Waals surface area contributed by atoms with Crippen LogP contribution in [0, 0.1) is 25.2 Å². The van der Waals surface area contributed by atoms with Crippen LogP contribution in [-0.2, 0) is 4.79 Å². The fraction of sp³-hybridized carbons (Fsp3) is 0.560. The van der Waals surface area contributed by atoms with E-state index in [0.717, 1.165) is 12.2 Å². The molecule has 0 atom stereocenters. The summed E-state index contributed by atoms with van der Waals surface area (Å²) in [6, 6.07) is 6.17. The zero-order valence-corrected chi connectivity index (χ0v) is 21.5. The van der Waals surface area contributed by atoms with E-state index in [1.54, 1.807) is 5.38 Å². The maximum atomic E-state index is 12.9. The number of likely N-dealkylation sites (tertiary alicyclic amines) is 1. The van der Waals surface area contributed by atoms with Gasteiger partial charge in [-0.3, -0.25) is 9.59 Å². The molecular formula is C25H37N5O2S. The van der Waals surface area contributed by atoms with Crippen molar-refractivity contribution in [2.75, 3.05) is 45.6 Å². The van der Waals surface area contributed by atoms with Crippen LogP contribution in [0.3, 0.4) is 0 Å². The number of thiazole rings is 1. The summed E-state index contributed by atoms with van der Waals surface area (Å²) in [6.45, 7) is 11.2. The predicted molar refractivity (Wildman–Crippen MR) is 135 cm³/mol. The summed E-state index contributed by atoms with van der Waals surface area (Å²) in [5.74, 6) is -0.00512. The van der Waals surface area contributed by atoms with Crippen LogP contribution in [0.5, 0.6) is 0 Å². The van der Waals surface area contributed by atoms with Gasteiger partial charge in [-0.15, -0.1) is 11.3 Å². The molecule has 180 valence electrons. The first kappa shape index (κ1) is 25.2. The van der Waals surface area contributed by atoms with Crippen molar-refractivity contribution in [1.29, 1.82) is 0 Å². The van der Waals surface area contributed by atoms with Crippen molar-refractivity contribution >= 4 is 34.0 Å². The lowest BCUT2D eigenvalue weighted by Gasteiger charge is -2.32. The second kappa shape index (κ2) is 10.7. The Morgan fingerprint density at radius 1 is 1.18 bits per heavy atom. The van der Waals surface area contributed by atoms with E-state index in [-0.39, 0.29) is 23.1 Å². The molecule has 2 N–H and O–H groups in total. The highest BCUT2D eigenvalue weighted by Crippen LogP contribution is 2.25. The molecule has 8 heteroatoms. The molecule has 3 rings (SSSR count). The predicted octanol–water partition coefficient (Wildman–Crippen LogP) is 4.06.